The predicted octanol–water partition coefficient (Wildman–Crippen LogP) is 2.63. The van der Waals surface area contributed by atoms with Crippen LogP contribution in [0.2, 0.25) is 0 Å². The Labute approximate surface area is 158 Å². The Kier molecular flexibility index (Phi) is 4.47. The number of aromatic nitrogens is 4. The molecule has 0 fully saturated rings. The highest BCUT2D eigenvalue weighted by Crippen LogP contribution is 2.20. The van der Waals surface area contributed by atoms with Crippen LogP contribution in [-0.2, 0) is 13.5 Å². The zero-order valence-electron chi connectivity index (χ0n) is 14.4. The SMILES string of the molecule is Cn1nc(C(=O)Nc2nnc(Cc3ccccc3)s2)c2ccccc2c1=O. The van der Waals surface area contributed by atoms with E-state index in [4.69, 9.17) is 0 Å². The van der Waals surface area contributed by atoms with Gasteiger partial charge in [0.05, 0.1) is 5.39 Å². The minimum absolute atomic E-state index is 0.174. The Hall–Kier alpha value is -3.39. The van der Waals surface area contributed by atoms with Crippen LogP contribution in [-0.4, -0.2) is 25.9 Å². The summed E-state index contributed by atoms with van der Waals surface area (Å²) in [4.78, 5) is 24.9. The van der Waals surface area contributed by atoms with Crippen molar-refractivity contribution in [2.24, 2.45) is 7.05 Å². The van der Waals surface area contributed by atoms with E-state index in [1.54, 1.807) is 24.3 Å². The molecule has 4 rings (SSSR count). The van der Waals surface area contributed by atoms with E-state index < -0.39 is 5.91 Å². The number of carbonyl (C=O) groups excluding carboxylic acids is 1. The summed E-state index contributed by atoms with van der Waals surface area (Å²) < 4.78 is 1.16. The first-order chi connectivity index (χ1) is 13.1. The van der Waals surface area contributed by atoms with Gasteiger partial charge in [-0.3, -0.25) is 14.9 Å². The van der Waals surface area contributed by atoms with E-state index in [-0.39, 0.29) is 11.3 Å². The molecule has 0 atom stereocenters. The summed E-state index contributed by atoms with van der Waals surface area (Å²) in [7, 11) is 1.52. The van der Waals surface area contributed by atoms with Gasteiger partial charge in [0.25, 0.3) is 11.5 Å². The number of carbonyl (C=O) groups is 1. The lowest BCUT2D eigenvalue weighted by Crippen LogP contribution is -2.25. The molecule has 4 aromatic rings. The van der Waals surface area contributed by atoms with Gasteiger partial charge in [0.1, 0.15) is 5.01 Å². The summed E-state index contributed by atoms with van der Waals surface area (Å²) >= 11 is 1.31. The third kappa shape index (κ3) is 3.47. The molecular formula is C19H15N5O2S. The Balaban J connectivity index is 1.59. The monoisotopic (exact) mass is 377 g/mol. The van der Waals surface area contributed by atoms with Crippen LogP contribution in [0.4, 0.5) is 5.13 Å². The van der Waals surface area contributed by atoms with E-state index in [1.807, 2.05) is 30.3 Å². The molecule has 7 nitrogen and oxygen atoms in total. The van der Waals surface area contributed by atoms with Crippen LogP contribution in [0.25, 0.3) is 10.8 Å². The maximum atomic E-state index is 12.7. The van der Waals surface area contributed by atoms with Gasteiger partial charge in [-0.15, -0.1) is 10.2 Å². The summed E-state index contributed by atoms with van der Waals surface area (Å²) in [5.41, 5.74) is 1.05. The fourth-order valence-electron chi connectivity index (χ4n) is 2.77. The summed E-state index contributed by atoms with van der Waals surface area (Å²) in [6, 6.07) is 16.8. The van der Waals surface area contributed by atoms with Gasteiger partial charge in [-0.25, -0.2) is 4.68 Å². The molecule has 0 aliphatic carbocycles. The van der Waals surface area contributed by atoms with Crippen LogP contribution in [0.15, 0.2) is 59.4 Å². The smallest absolute Gasteiger partial charge is 0.278 e. The molecule has 1 amide bonds. The first kappa shape index (κ1) is 17.0. The van der Waals surface area contributed by atoms with Crippen LogP contribution >= 0.6 is 11.3 Å². The number of hydrogen-bond acceptors (Lipinski definition) is 6. The molecule has 8 heteroatoms. The Morgan fingerprint density at radius 3 is 2.52 bits per heavy atom. The predicted molar refractivity (Wildman–Crippen MR) is 104 cm³/mol. The highest BCUT2D eigenvalue weighted by molar-refractivity contribution is 7.15. The van der Waals surface area contributed by atoms with Crippen molar-refractivity contribution < 1.29 is 4.79 Å². The number of aryl methyl sites for hydroxylation is 1. The second-order valence-electron chi connectivity index (χ2n) is 5.94. The van der Waals surface area contributed by atoms with Gasteiger partial charge in [0.15, 0.2) is 5.69 Å². The first-order valence-electron chi connectivity index (χ1n) is 8.25. The van der Waals surface area contributed by atoms with Crippen LogP contribution in [0, 0.1) is 0 Å². The molecule has 2 heterocycles. The number of benzene rings is 2. The number of rotatable bonds is 4. The number of nitrogens with one attached hydrogen (secondary N) is 1. The van der Waals surface area contributed by atoms with Crippen molar-refractivity contribution in [3.63, 3.8) is 0 Å². The zero-order valence-corrected chi connectivity index (χ0v) is 15.2. The molecule has 0 aliphatic heterocycles. The Bertz CT molecular complexity index is 1180. The fraction of sp³-hybridized carbons (Fsp3) is 0.105. The molecule has 0 aliphatic rings. The molecule has 0 saturated heterocycles. The zero-order chi connectivity index (χ0) is 18.8. The molecule has 134 valence electrons. The summed E-state index contributed by atoms with van der Waals surface area (Å²) in [5.74, 6) is -0.427. The molecule has 0 unspecified atom stereocenters. The average molecular weight is 377 g/mol. The molecule has 2 aromatic carbocycles. The van der Waals surface area contributed by atoms with E-state index in [0.29, 0.717) is 22.3 Å². The van der Waals surface area contributed by atoms with Crippen molar-refractivity contribution in [3.8, 4) is 0 Å². The van der Waals surface area contributed by atoms with Gasteiger partial charge < -0.3 is 0 Å². The fourth-order valence-corrected chi connectivity index (χ4v) is 3.54. The average Bonchev–Trinajstić information content (AvgIpc) is 3.12. The molecule has 0 spiro atoms. The number of anilines is 1. The normalized spacial score (nSPS) is 10.9. The van der Waals surface area contributed by atoms with Crippen molar-refractivity contribution >= 4 is 33.1 Å². The molecular weight excluding hydrogens is 362 g/mol. The molecule has 0 radical (unpaired) electrons. The number of nitrogens with zero attached hydrogens (tertiary/aromatic N) is 4. The van der Waals surface area contributed by atoms with Gasteiger partial charge in [0, 0.05) is 18.9 Å². The third-order valence-corrected chi connectivity index (χ3v) is 4.90. The van der Waals surface area contributed by atoms with Gasteiger partial charge in [-0.05, 0) is 11.6 Å². The van der Waals surface area contributed by atoms with Crippen molar-refractivity contribution in [2.75, 3.05) is 5.32 Å². The summed E-state index contributed by atoms with van der Waals surface area (Å²) in [6.07, 6.45) is 0.648. The standard InChI is InChI=1S/C19H15N5O2S/c1-24-18(26)14-10-6-5-9-13(14)16(23-24)17(25)20-19-22-21-15(27-19)11-12-7-3-2-4-8-12/h2-10H,11H2,1H3,(H,20,22,25). The highest BCUT2D eigenvalue weighted by Gasteiger charge is 2.17. The number of amides is 1. The van der Waals surface area contributed by atoms with E-state index in [9.17, 15) is 9.59 Å². The Morgan fingerprint density at radius 2 is 1.74 bits per heavy atom. The van der Waals surface area contributed by atoms with Crippen molar-refractivity contribution in [2.45, 2.75) is 6.42 Å². The second-order valence-corrected chi connectivity index (χ2v) is 7.00. The van der Waals surface area contributed by atoms with Crippen LogP contribution < -0.4 is 10.9 Å². The molecule has 0 saturated carbocycles. The van der Waals surface area contributed by atoms with Crippen LogP contribution in [0.1, 0.15) is 21.1 Å². The molecule has 27 heavy (non-hydrogen) atoms. The van der Waals surface area contributed by atoms with Gasteiger partial charge in [-0.1, -0.05) is 59.9 Å². The van der Waals surface area contributed by atoms with Gasteiger partial charge in [0.2, 0.25) is 5.13 Å². The van der Waals surface area contributed by atoms with E-state index in [2.05, 4.69) is 20.6 Å². The lowest BCUT2D eigenvalue weighted by atomic mass is 10.1. The van der Waals surface area contributed by atoms with Crippen molar-refractivity contribution in [1.29, 1.82) is 0 Å². The molecule has 2 aromatic heterocycles. The second kappa shape index (κ2) is 7.08. The van der Waals surface area contributed by atoms with Gasteiger partial charge >= 0.3 is 0 Å². The van der Waals surface area contributed by atoms with Crippen LogP contribution in [0.5, 0.6) is 0 Å². The molecule has 1 N–H and O–H groups in total. The lowest BCUT2D eigenvalue weighted by Gasteiger charge is -2.07. The van der Waals surface area contributed by atoms with E-state index >= 15 is 0 Å². The third-order valence-electron chi connectivity index (χ3n) is 4.06. The maximum absolute atomic E-state index is 12.7. The number of fused-ring (bicyclic) bond motifs is 1. The van der Waals surface area contributed by atoms with Gasteiger partial charge in [-0.2, -0.15) is 5.10 Å². The topological polar surface area (TPSA) is 89.8 Å². The maximum Gasteiger partial charge on any atom is 0.278 e. The minimum Gasteiger partial charge on any atom is -0.295 e. The molecule has 0 bridgehead atoms. The largest absolute Gasteiger partial charge is 0.295 e. The summed E-state index contributed by atoms with van der Waals surface area (Å²) in [5, 5.41) is 17.2. The Morgan fingerprint density at radius 1 is 1.04 bits per heavy atom. The first-order valence-corrected chi connectivity index (χ1v) is 9.07. The highest BCUT2D eigenvalue weighted by atomic mass is 32.1. The van der Waals surface area contributed by atoms with Crippen molar-refractivity contribution in [3.05, 3.63) is 81.2 Å². The van der Waals surface area contributed by atoms with Crippen LogP contribution in [0.3, 0.4) is 0 Å². The number of hydrogen-bond donors (Lipinski definition) is 1. The summed E-state index contributed by atoms with van der Waals surface area (Å²) in [6.45, 7) is 0. The van der Waals surface area contributed by atoms with E-state index in [1.165, 1.54) is 18.4 Å². The van der Waals surface area contributed by atoms with Crippen molar-refractivity contribution in [1.82, 2.24) is 20.0 Å². The lowest BCUT2D eigenvalue weighted by molar-refractivity contribution is 0.102. The quantitative estimate of drug-likeness (QED) is 0.590. The van der Waals surface area contributed by atoms with E-state index in [0.717, 1.165) is 15.3 Å². The minimum atomic E-state index is -0.427.